The van der Waals surface area contributed by atoms with E-state index in [4.69, 9.17) is 5.26 Å². The second-order valence-electron chi connectivity index (χ2n) is 4.52. The maximum absolute atomic E-state index is 12.1. The minimum atomic E-state index is 0.162. The highest BCUT2D eigenvalue weighted by Crippen LogP contribution is 2.12. The first-order chi connectivity index (χ1) is 8.15. The van der Waals surface area contributed by atoms with Crippen molar-refractivity contribution in [2.24, 2.45) is 0 Å². The third kappa shape index (κ3) is 4.97. The van der Waals surface area contributed by atoms with Crippen molar-refractivity contribution in [2.45, 2.75) is 38.8 Å². The molecule has 1 heterocycles. The molecule has 1 aliphatic heterocycles. The van der Waals surface area contributed by atoms with E-state index in [-0.39, 0.29) is 11.9 Å². The Morgan fingerprint density at radius 1 is 1.65 bits per heavy atom. The Bertz CT molecular complexity index is 282. The predicted molar refractivity (Wildman–Crippen MR) is 70.8 cm³/mol. The first kappa shape index (κ1) is 14.3. The lowest BCUT2D eigenvalue weighted by Gasteiger charge is -2.29. The zero-order valence-electron chi connectivity index (χ0n) is 10.6. The van der Waals surface area contributed by atoms with Crippen molar-refractivity contribution < 1.29 is 4.79 Å². The largest absolute Gasteiger partial charge is 0.339 e. The molecule has 1 N–H and O–H groups in total. The van der Waals surface area contributed by atoms with E-state index in [1.165, 1.54) is 0 Å². The van der Waals surface area contributed by atoms with Gasteiger partial charge in [-0.25, -0.2) is 0 Å². The van der Waals surface area contributed by atoms with Gasteiger partial charge in [-0.3, -0.25) is 4.79 Å². The first-order valence-electron chi connectivity index (χ1n) is 6.12. The number of hydrogen-bond acceptors (Lipinski definition) is 4. The maximum Gasteiger partial charge on any atom is 0.224 e. The molecular weight excluding hydrogens is 234 g/mol. The minimum absolute atomic E-state index is 0.162. The van der Waals surface area contributed by atoms with E-state index in [1.807, 2.05) is 30.5 Å². The SMILES string of the molecule is CC(C)N(CCC#N)C(=O)CC1CSCCN1. The summed E-state index contributed by atoms with van der Waals surface area (Å²) < 4.78 is 0. The predicted octanol–water partition coefficient (Wildman–Crippen LogP) is 1.23. The number of nitriles is 1. The molecule has 1 amide bonds. The lowest BCUT2D eigenvalue weighted by atomic mass is 10.1. The van der Waals surface area contributed by atoms with Crippen molar-refractivity contribution in [3.63, 3.8) is 0 Å². The molecule has 0 bridgehead atoms. The van der Waals surface area contributed by atoms with Crippen LogP contribution in [0, 0.1) is 11.3 Å². The van der Waals surface area contributed by atoms with Gasteiger partial charge in [-0.2, -0.15) is 17.0 Å². The van der Waals surface area contributed by atoms with Gasteiger partial charge in [0.15, 0.2) is 0 Å². The molecule has 4 nitrogen and oxygen atoms in total. The monoisotopic (exact) mass is 255 g/mol. The van der Waals surface area contributed by atoms with Crippen LogP contribution < -0.4 is 5.32 Å². The van der Waals surface area contributed by atoms with E-state index in [0.717, 1.165) is 18.1 Å². The number of rotatable bonds is 5. The normalized spacial score (nSPS) is 20.0. The highest BCUT2D eigenvalue weighted by Gasteiger charge is 2.22. The van der Waals surface area contributed by atoms with Gasteiger partial charge in [0.25, 0.3) is 0 Å². The molecule has 1 aliphatic rings. The van der Waals surface area contributed by atoms with Gasteiger partial charge in [0, 0.05) is 43.1 Å². The number of thioether (sulfide) groups is 1. The molecule has 0 aromatic heterocycles. The highest BCUT2D eigenvalue weighted by atomic mass is 32.2. The van der Waals surface area contributed by atoms with Crippen LogP contribution in [0.2, 0.25) is 0 Å². The van der Waals surface area contributed by atoms with Crippen LogP contribution in [0.3, 0.4) is 0 Å². The minimum Gasteiger partial charge on any atom is -0.339 e. The fraction of sp³-hybridized carbons (Fsp3) is 0.833. The van der Waals surface area contributed by atoms with E-state index in [0.29, 0.717) is 25.4 Å². The molecule has 0 aromatic rings. The Labute approximate surface area is 108 Å². The van der Waals surface area contributed by atoms with Crippen LogP contribution in [0.1, 0.15) is 26.7 Å². The van der Waals surface area contributed by atoms with Gasteiger partial charge in [-0.1, -0.05) is 0 Å². The van der Waals surface area contributed by atoms with Crippen molar-refractivity contribution in [3.8, 4) is 6.07 Å². The Hall–Kier alpha value is -0.730. The van der Waals surface area contributed by atoms with Crippen molar-refractivity contribution in [3.05, 3.63) is 0 Å². The zero-order chi connectivity index (χ0) is 12.7. The van der Waals surface area contributed by atoms with E-state index < -0.39 is 0 Å². The number of nitrogens with zero attached hydrogens (tertiary/aromatic N) is 2. The topological polar surface area (TPSA) is 56.1 Å². The summed E-state index contributed by atoms with van der Waals surface area (Å²) in [6.07, 6.45) is 0.966. The van der Waals surface area contributed by atoms with E-state index in [2.05, 4.69) is 11.4 Å². The third-order valence-corrected chi connectivity index (χ3v) is 3.96. The maximum atomic E-state index is 12.1. The molecule has 0 saturated carbocycles. The number of carbonyl (C=O) groups excluding carboxylic acids is 1. The lowest BCUT2D eigenvalue weighted by Crippen LogP contribution is -2.44. The highest BCUT2D eigenvalue weighted by molar-refractivity contribution is 7.99. The summed E-state index contributed by atoms with van der Waals surface area (Å²) in [7, 11) is 0. The number of nitrogens with one attached hydrogen (secondary N) is 1. The molecule has 0 radical (unpaired) electrons. The molecule has 1 saturated heterocycles. The van der Waals surface area contributed by atoms with E-state index >= 15 is 0 Å². The summed E-state index contributed by atoms with van der Waals surface area (Å²) in [4.78, 5) is 13.9. The Morgan fingerprint density at radius 2 is 2.41 bits per heavy atom. The Balaban J connectivity index is 2.43. The number of amides is 1. The van der Waals surface area contributed by atoms with E-state index in [9.17, 15) is 4.79 Å². The first-order valence-corrected chi connectivity index (χ1v) is 7.28. The molecule has 0 aliphatic carbocycles. The molecule has 0 aromatic carbocycles. The fourth-order valence-corrected chi connectivity index (χ4v) is 2.87. The number of carbonyl (C=O) groups is 1. The van der Waals surface area contributed by atoms with Crippen LogP contribution in [0.5, 0.6) is 0 Å². The smallest absolute Gasteiger partial charge is 0.224 e. The number of hydrogen-bond donors (Lipinski definition) is 1. The summed E-state index contributed by atoms with van der Waals surface area (Å²) >= 11 is 1.90. The van der Waals surface area contributed by atoms with Gasteiger partial charge in [-0.15, -0.1) is 0 Å². The summed E-state index contributed by atoms with van der Waals surface area (Å²) in [6.45, 7) is 5.53. The summed E-state index contributed by atoms with van der Waals surface area (Å²) in [5.74, 6) is 2.30. The molecule has 1 atom stereocenters. The van der Waals surface area contributed by atoms with Crippen LogP contribution in [0.15, 0.2) is 0 Å². The van der Waals surface area contributed by atoms with E-state index in [1.54, 1.807) is 0 Å². The second kappa shape index (κ2) is 7.57. The average molecular weight is 255 g/mol. The standard InChI is InChI=1S/C12H21N3OS/c1-10(2)15(6-3-4-13)12(16)8-11-9-17-7-5-14-11/h10-11,14H,3,5-9H2,1-2H3. The third-order valence-electron chi connectivity index (χ3n) is 2.83. The second-order valence-corrected chi connectivity index (χ2v) is 5.67. The van der Waals surface area contributed by atoms with Crippen molar-refractivity contribution in [1.82, 2.24) is 10.2 Å². The Morgan fingerprint density at radius 3 is 2.94 bits per heavy atom. The van der Waals surface area contributed by atoms with Gasteiger partial charge in [0.2, 0.25) is 5.91 Å². The molecule has 1 rings (SSSR count). The van der Waals surface area contributed by atoms with Gasteiger partial charge >= 0.3 is 0 Å². The Kier molecular flexibility index (Phi) is 6.38. The molecule has 96 valence electrons. The summed E-state index contributed by atoms with van der Waals surface area (Å²) in [6, 6.07) is 2.57. The fourth-order valence-electron chi connectivity index (χ4n) is 1.92. The molecule has 1 fully saturated rings. The van der Waals surface area contributed by atoms with Gasteiger partial charge in [0.1, 0.15) is 0 Å². The van der Waals surface area contributed by atoms with Crippen LogP contribution in [-0.4, -0.2) is 47.5 Å². The lowest BCUT2D eigenvalue weighted by molar-refractivity contribution is -0.133. The van der Waals surface area contributed by atoms with Crippen LogP contribution in [-0.2, 0) is 4.79 Å². The van der Waals surface area contributed by atoms with Crippen molar-refractivity contribution in [2.75, 3.05) is 24.6 Å². The van der Waals surface area contributed by atoms with Crippen LogP contribution in [0.25, 0.3) is 0 Å². The van der Waals surface area contributed by atoms with Gasteiger partial charge in [-0.05, 0) is 13.8 Å². The van der Waals surface area contributed by atoms with Crippen molar-refractivity contribution >= 4 is 17.7 Å². The van der Waals surface area contributed by atoms with Crippen LogP contribution >= 0.6 is 11.8 Å². The zero-order valence-corrected chi connectivity index (χ0v) is 11.4. The quantitative estimate of drug-likeness (QED) is 0.803. The molecule has 0 spiro atoms. The summed E-state index contributed by atoms with van der Waals surface area (Å²) in [5, 5.41) is 12.0. The van der Waals surface area contributed by atoms with Gasteiger partial charge in [0.05, 0.1) is 12.5 Å². The summed E-state index contributed by atoms with van der Waals surface area (Å²) in [5.41, 5.74) is 0. The van der Waals surface area contributed by atoms with Crippen LogP contribution in [0.4, 0.5) is 0 Å². The molecule has 17 heavy (non-hydrogen) atoms. The van der Waals surface area contributed by atoms with Crippen molar-refractivity contribution in [1.29, 1.82) is 5.26 Å². The average Bonchev–Trinajstić information content (AvgIpc) is 2.30. The molecule has 5 heteroatoms. The van der Waals surface area contributed by atoms with Gasteiger partial charge < -0.3 is 10.2 Å². The molecular formula is C12H21N3OS. The molecule has 1 unspecified atom stereocenters.